The monoisotopic (exact) mass is 386 g/mol. The van der Waals surface area contributed by atoms with Crippen molar-refractivity contribution in [2.75, 3.05) is 24.8 Å². The van der Waals surface area contributed by atoms with Crippen molar-refractivity contribution in [2.45, 2.75) is 22.6 Å². The van der Waals surface area contributed by atoms with Gasteiger partial charge in [0.2, 0.25) is 5.91 Å². The molecule has 0 bridgehead atoms. The number of fused-ring (bicyclic) bond motifs is 2. The van der Waals surface area contributed by atoms with E-state index in [0.29, 0.717) is 10.8 Å². The molecule has 1 aliphatic heterocycles. The smallest absolute Gasteiger partial charge is 0.228 e. The van der Waals surface area contributed by atoms with Crippen molar-refractivity contribution < 1.29 is 9.53 Å². The molecule has 1 aromatic heterocycles. The highest BCUT2D eigenvalue weighted by molar-refractivity contribution is 8.00. The summed E-state index contributed by atoms with van der Waals surface area (Å²) in [5.41, 5.74) is 2.50. The lowest BCUT2D eigenvalue weighted by Crippen LogP contribution is -2.21. The van der Waals surface area contributed by atoms with Gasteiger partial charge in [0.25, 0.3) is 0 Å². The first-order valence-corrected chi connectivity index (χ1v) is 9.52. The predicted molar refractivity (Wildman–Crippen MR) is 107 cm³/mol. The van der Waals surface area contributed by atoms with Gasteiger partial charge in [-0.15, -0.1) is 0 Å². The van der Waals surface area contributed by atoms with E-state index in [0.717, 1.165) is 45.3 Å². The predicted octanol–water partition coefficient (Wildman–Crippen LogP) is 3.54. The van der Waals surface area contributed by atoms with Crippen LogP contribution in [-0.2, 0) is 4.79 Å². The highest BCUT2D eigenvalue weighted by Gasteiger charge is 2.32. The van der Waals surface area contributed by atoms with E-state index in [-0.39, 0.29) is 11.8 Å². The Bertz CT molecular complexity index is 912. The van der Waals surface area contributed by atoms with Crippen LogP contribution < -0.4 is 20.7 Å². The number of nitrogens with one attached hydrogen (secondary N) is 3. The average Bonchev–Trinajstić information content (AvgIpc) is 3.51. The van der Waals surface area contributed by atoms with E-state index < -0.39 is 0 Å². The molecule has 2 aliphatic rings. The van der Waals surface area contributed by atoms with E-state index in [4.69, 9.17) is 17.0 Å². The number of hydrogen-bond donors (Lipinski definition) is 3. The topological polar surface area (TPSA) is 75.3 Å². The summed E-state index contributed by atoms with van der Waals surface area (Å²) in [6.07, 6.45) is 3.58. The van der Waals surface area contributed by atoms with Crippen molar-refractivity contribution in [1.82, 2.24) is 10.3 Å². The molecule has 6 nitrogen and oxygen atoms in total. The first kappa shape index (κ1) is 17.1. The lowest BCUT2D eigenvalue weighted by Gasteiger charge is -2.26. The Hall–Kier alpha value is -2.32. The number of amides is 1. The normalized spacial score (nSPS) is 14.5. The first-order chi connectivity index (χ1) is 12.6. The third-order valence-corrected chi connectivity index (χ3v) is 5.95. The molecule has 0 atom stereocenters. The molecule has 0 saturated heterocycles. The molecule has 4 rings (SSSR count). The molecule has 0 radical (unpaired) electrons. The number of nitrogens with zero attached hydrogens (tertiary/aromatic N) is 1. The SMILES string of the molecule is CNC(=S)c1cnc(NC(=O)C2CC2)c2c1Nc1c(OC)cccc1S2. The minimum atomic E-state index is 0.0284. The first-order valence-electron chi connectivity index (χ1n) is 8.30. The number of rotatable bonds is 4. The summed E-state index contributed by atoms with van der Waals surface area (Å²) in [6.45, 7) is 0. The molecule has 1 fully saturated rings. The second-order valence-corrected chi connectivity index (χ2v) is 7.59. The van der Waals surface area contributed by atoms with Gasteiger partial charge in [0.15, 0.2) is 0 Å². The zero-order valence-electron chi connectivity index (χ0n) is 14.4. The van der Waals surface area contributed by atoms with Gasteiger partial charge < -0.3 is 20.7 Å². The van der Waals surface area contributed by atoms with Gasteiger partial charge >= 0.3 is 0 Å². The molecule has 1 aliphatic carbocycles. The van der Waals surface area contributed by atoms with E-state index in [1.165, 1.54) is 0 Å². The van der Waals surface area contributed by atoms with Gasteiger partial charge in [0.1, 0.15) is 16.6 Å². The Morgan fingerprint density at radius 2 is 2.19 bits per heavy atom. The fourth-order valence-corrected chi connectivity index (χ4v) is 4.04. The van der Waals surface area contributed by atoms with Crippen LogP contribution in [-0.4, -0.2) is 30.0 Å². The summed E-state index contributed by atoms with van der Waals surface area (Å²) in [6, 6.07) is 5.85. The molecule has 3 N–H and O–H groups in total. The van der Waals surface area contributed by atoms with Gasteiger partial charge in [-0.1, -0.05) is 30.0 Å². The average molecular weight is 387 g/mol. The highest BCUT2D eigenvalue weighted by Crippen LogP contribution is 2.51. The van der Waals surface area contributed by atoms with Crippen molar-refractivity contribution in [2.24, 2.45) is 5.92 Å². The number of anilines is 3. The van der Waals surface area contributed by atoms with E-state index in [1.807, 2.05) is 18.2 Å². The lowest BCUT2D eigenvalue weighted by atomic mass is 10.2. The Labute approximate surface area is 161 Å². The number of benzene rings is 1. The second-order valence-electron chi connectivity index (χ2n) is 6.13. The summed E-state index contributed by atoms with van der Waals surface area (Å²) < 4.78 is 5.48. The van der Waals surface area contributed by atoms with Crippen LogP contribution in [0.3, 0.4) is 0 Å². The molecule has 134 valence electrons. The number of pyridine rings is 1. The molecule has 26 heavy (non-hydrogen) atoms. The number of para-hydroxylation sites is 1. The summed E-state index contributed by atoms with van der Waals surface area (Å²) in [7, 11) is 3.42. The van der Waals surface area contributed by atoms with Crippen molar-refractivity contribution in [3.63, 3.8) is 0 Å². The number of aromatic nitrogens is 1. The summed E-state index contributed by atoms with van der Waals surface area (Å²) in [5, 5.41) is 9.40. The lowest BCUT2D eigenvalue weighted by molar-refractivity contribution is -0.117. The third-order valence-electron chi connectivity index (χ3n) is 4.37. The second kappa shape index (κ2) is 6.77. The largest absolute Gasteiger partial charge is 0.495 e. The Morgan fingerprint density at radius 3 is 2.88 bits per heavy atom. The molecule has 1 aromatic carbocycles. The van der Waals surface area contributed by atoms with Crippen molar-refractivity contribution >= 4 is 52.1 Å². The summed E-state index contributed by atoms with van der Waals surface area (Å²) in [4.78, 5) is 19.2. The number of hydrogen-bond acceptors (Lipinski definition) is 6. The van der Waals surface area contributed by atoms with Gasteiger partial charge in [-0.2, -0.15) is 0 Å². The minimum Gasteiger partial charge on any atom is -0.495 e. The van der Waals surface area contributed by atoms with Gasteiger partial charge in [-0.05, 0) is 25.0 Å². The molecule has 1 amide bonds. The summed E-state index contributed by atoms with van der Waals surface area (Å²) in [5.74, 6) is 1.45. The van der Waals surface area contributed by atoms with Crippen LogP contribution in [0.25, 0.3) is 0 Å². The number of carbonyl (C=O) groups excluding carboxylic acids is 1. The molecule has 0 spiro atoms. The molecule has 2 heterocycles. The zero-order chi connectivity index (χ0) is 18.3. The van der Waals surface area contributed by atoms with Gasteiger partial charge in [0.05, 0.1) is 28.9 Å². The molecule has 1 saturated carbocycles. The van der Waals surface area contributed by atoms with E-state index in [9.17, 15) is 4.79 Å². The molecule has 0 unspecified atom stereocenters. The fourth-order valence-electron chi connectivity index (χ4n) is 2.80. The quantitative estimate of drug-likeness (QED) is 0.592. The third kappa shape index (κ3) is 2.99. The Kier molecular flexibility index (Phi) is 4.46. The minimum absolute atomic E-state index is 0.0284. The van der Waals surface area contributed by atoms with E-state index >= 15 is 0 Å². The van der Waals surface area contributed by atoms with Crippen LogP contribution >= 0.6 is 24.0 Å². The van der Waals surface area contributed by atoms with Crippen LogP contribution in [0.4, 0.5) is 17.2 Å². The standard InChI is InChI=1S/C18H18N4O2S2/c1-19-18(25)10-8-20-16(22-17(23)9-6-7-9)15-13(10)21-14-11(24-2)4-3-5-12(14)26-15/h3-5,8-9,21H,6-7H2,1-2H3,(H,19,25)(H,20,22,23). The van der Waals surface area contributed by atoms with Crippen LogP contribution in [0, 0.1) is 5.92 Å². The van der Waals surface area contributed by atoms with E-state index in [1.54, 1.807) is 32.1 Å². The van der Waals surface area contributed by atoms with Crippen molar-refractivity contribution in [3.8, 4) is 5.75 Å². The maximum atomic E-state index is 12.2. The Morgan fingerprint density at radius 1 is 1.38 bits per heavy atom. The maximum Gasteiger partial charge on any atom is 0.228 e. The van der Waals surface area contributed by atoms with Crippen LogP contribution in [0.1, 0.15) is 18.4 Å². The number of methoxy groups -OCH3 is 1. The molecule has 8 heteroatoms. The molecular weight excluding hydrogens is 368 g/mol. The number of ether oxygens (including phenoxy) is 1. The molecule has 2 aromatic rings. The summed E-state index contributed by atoms with van der Waals surface area (Å²) >= 11 is 6.98. The Balaban J connectivity index is 1.80. The van der Waals surface area contributed by atoms with Crippen LogP contribution in [0.15, 0.2) is 34.2 Å². The molecular formula is C18H18N4O2S2. The maximum absolute atomic E-state index is 12.2. The van der Waals surface area contributed by atoms with Gasteiger partial charge in [0, 0.05) is 24.1 Å². The fraction of sp³-hybridized carbons (Fsp3) is 0.278. The number of carbonyl (C=O) groups is 1. The van der Waals surface area contributed by atoms with Gasteiger partial charge in [-0.3, -0.25) is 4.79 Å². The van der Waals surface area contributed by atoms with Crippen LogP contribution in [0.2, 0.25) is 0 Å². The van der Waals surface area contributed by atoms with Crippen LogP contribution in [0.5, 0.6) is 5.75 Å². The highest BCUT2D eigenvalue weighted by atomic mass is 32.2. The van der Waals surface area contributed by atoms with Crippen molar-refractivity contribution in [1.29, 1.82) is 0 Å². The zero-order valence-corrected chi connectivity index (χ0v) is 16.0. The van der Waals surface area contributed by atoms with Gasteiger partial charge in [-0.25, -0.2) is 4.98 Å². The van der Waals surface area contributed by atoms with Crippen molar-refractivity contribution in [3.05, 3.63) is 30.0 Å². The number of thiocarbonyl (C=S) groups is 1. The van der Waals surface area contributed by atoms with E-state index in [2.05, 4.69) is 20.9 Å².